The van der Waals surface area contributed by atoms with Crippen molar-refractivity contribution in [2.24, 2.45) is 5.92 Å². The highest BCUT2D eigenvalue weighted by Crippen LogP contribution is 2.37. The molecule has 1 saturated carbocycles. The van der Waals surface area contributed by atoms with Crippen molar-refractivity contribution >= 4 is 11.8 Å². The summed E-state index contributed by atoms with van der Waals surface area (Å²) in [5.41, 5.74) is 0. The minimum Gasteiger partial charge on any atom is -0.464 e. The first kappa shape index (κ1) is 15.8. The number of rotatable bonds is 5. The molecule has 114 valence electrons. The van der Waals surface area contributed by atoms with Crippen molar-refractivity contribution in [3.8, 4) is 0 Å². The second kappa shape index (κ2) is 6.89. The first-order valence-electron chi connectivity index (χ1n) is 6.85. The molecule has 2 rings (SSSR count). The van der Waals surface area contributed by atoms with Gasteiger partial charge in [-0.1, -0.05) is 6.42 Å². The molecule has 0 aliphatic heterocycles. The summed E-state index contributed by atoms with van der Waals surface area (Å²) in [5.74, 6) is 1.37. The number of thioether (sulfide) groups is 1. The van der Waals surface area contributed by atoms with Gasteiger partial charge in [-0.15, -0.1) is 0 Å². The zero-order chi connectivity index (χ0) is 14.6. The van der Waals surface area contributed by atoms with E-state index >= 15 is 0 Å². The molecule has 20 heavy (non-hydrogen) atoms. The average Bonchev–Trinajstić information content (AvgIpc) is 2.84. The van der Waals surface area contributed by atoms with Gasteiger partial charge in [0.15, 0.2) is 0 Å². The molecular weight excluding hydrogens is 287 g/mol. The van der Waals surface area contributed by atoms with Crippen LogP contribution in [0.25, 0.3) is 0 Å². The maximum absolute atomic E-state index is 12.7. The highest BCUT2D eigenvalue weighted by Gasteiger charge is 2.41. The minimum atomic E-state index is -4.06. The third-order valence-corrected chi connectivity index (χ3v) is 4.28. The van der Waals surface area contributed by atoms with Gasteiger partial charge in [0.05, 0.1) is 18.2 Å². The van der Waals surface area contributed by atoms with Gasteiger partial charge in [-0.3, -0.25) is 0 Å². The van der Waals surface area contributed by atoms with E-state index in [1.54, 1.807) is 11.8 Å². The lowest BCUT2D eigenvalue weighted by Gasteiger charge is -2.30. The molecule has 0 radical (unpaired) electrons. The Morgan fingerprint density at radius 1 is 1.30 bits per heavy atom. The molecule has 0 bridgehead atoms. The van der Waals surface area contributed by atoms with Crippen LogP contribution in [0.15, 0.2) is 16.5 Å². The molecule has 1 aliphatic carbocycles. The summed E-state index contributed by atoms with van der Waals surface area (Å²) in [6.07, 6.45) is -0.166. The van der Waals surface area contributed by atoms with Gasteiger partial charge >= 0.3 is 6.18 Å². The predicted octanol–water partition coefficient (Wildman–Crippen LogP) is 4.35. The molecule has 1 aromatic heterocycles. The lowest BCUT2D eigenvalue weighted by molar-refractivity contribution is -0.183. The Hall–Kier alpha value is -0.620. The maximum atomic E-state index is 12.7. The van der Waals surface area contributed by atoms with Gasteiger partial charge < -0.3 is 9.73 Å². The van der Waals surface area contributed by atoms with E-state index in [1.165, 1.54) is 0 Å². The average molecular weight is 307 g/mol. The van der Waals surface area contributed by atoms with Crippen molar-refractivity contribution in [1.29, 1.82) is 0 Å². The Kier molecular flexibility index (Phi) is 5.43. The third kappa shape index (κ3) is 4.45. The number of alkyl halides is 3. The van der Waals surface area contributed by atoms with Gasteiger partial charge in [-0.05, 0) is 37.7 Å². The third-order valence-electron chi connectivity index (χ3n) is 3.71. The van der Waals surface area contributed by atoms with Crippen molar-refractivity contribution < 1.29 is 17.6 Å². The van der Waals surface area contributed by atoms with Crippen LogP contribution in [0.3, 0.4) is 0 Å². The fourth-order valence-corrected chi connectivity index (χ4v) is 3.09. The number of hydrogen-bond acceptors (Lipinski definition) is 3. The predicted molar refractivity (Wildman–Crippen MR) is 74.6 cm³/mol. The van der Waals surface area contributed by atoms with E-state index in [0.29, 0.717) is 13.0 Å². The molecule has 1 aliphatic rings. The zero-order valence-electron chi connectivity index (χ0n) is 11.5. The summed E-state index contributed by atoms with van der Waals surface area (Å²) in [6, 6.07) is 3.75. The van der Waals surface area contributed by atoms with Crippen molar-refractivity contribution in [3.63, 3.8) is 0 Å². The van der Waals surface area contributed by atoms with Gasteiger partial charge in [-0.25, -0.2) is 0 Å². The van der Waals surface area contributed by atoms with E-state index < -0.39 is 12.1 Å². The van der Waals surface area contributed by atoms with Crippen LogP contribution in [0, 0.1) is 5.92 Å². The highest BCUT2D eigenvalue weighted by molar-refractivity contribution is 7.97. The Balaban J connectivity index is 1.81. The summed E-state index contributed by atoms with van der Waals surface area (Å²) >= 11 is 1.68. The van der Waals surface area contributed by atoms with Gasteiger partial charge in [0.25, 0.3) is 0 Å². The van der Waals surface area contributed by atoms with Crippen molar-refractivity contribution in [2.45, 2.75) is 50.2 Å². The van der Waals surface area contributed by atoms with Gasteiger partial charge in [0, 0.05) is 6.04 Å². The minimum absolute atomic E-state index is 0.0653. The Morgan fingerprint density at radius 2 is 2.05 bits per heavy atom. The Morgan fingerprint density at radius 3 is 2.75 bits per heavy atom. The summed E-state index contributed by atoms with van der Waals surface area (Å²) in [4.78, 5) is 0. The van der Waals surface area contributed by atoms with E-state index in [2.05, 4.69) is 5.32 Å². The number of hydrogen-bond donors (Lipinski definition) is 1. The van der Waals surface area contributed by atoms with Crippen LogP contribution in [0.2, 0.25) is 0 Å². The van der Waals surface area contributed by atoms with Crippen molar-refractivity contribution in [1.82, 2.24) is 5.32 Å². The SMILES string of the molecule is CSCc1ccc(CNC2CCCC(C(F)(F)F)C2)o1. The molecule has 0 amide bonds. The van der Waals surface area contributed by atoms with Crippen LogP contribution in [0.1, 0.15) is 37.2 Å². The summed E-state index contributed by atoms with van der Waals surface area (Å²) < 4.78 is 43.8. The van der Waals surface area contributed by atoms with E-state index in [-0.39, 0.29) is 18.9 Å². The van der Waals surface area contributed by atoms with Gasteiger partial charge in [0.2, 0.25) is 0 Å². The van der Waals surface area contributed by atoms with Crippen LogP contribution >= 0.6 is 11.8 Å². The second-order valence-corrected chi connectivity index (χ2v) is 6.15. The standard InChI is InChI=1S/C14H20F3NOS/c1-20-9-13-6-5-12(19-13)8-18-11-4-2-3-10(7-11)14(15,16)17/h5-6,10-11,18H,2-4,7-9H2,1H3. The quantitative estimate of drug-likeness (QED) is 0.875. The summed E-state index contributed by atoms with van der Waals surface area (Å²) in [7, 11) is 0. The second-order valence-electron chi connectivity index (χ2n) is 5.28. The van der Waals surface area contributed by atoms with E-state index in [4.69, 9.17) is 4.42 Å². The van der Waals surface area contributed by atoms with Crippen LogP contribution in [0.5, 0.6) is 0 Å². The molecule has 2 atom stereocenters. The fraction of sp³-hybridized carbons (Fsp3) is 0.714. The normalized spacial score (nSPS) is 24.0. The number of halogens is 3. The largest absolute Gasteiger partial charge is 0.464 e. The summed E-state index contributed by atoms with van der Waals surface area (Å²) in [5, 5.41) is 3.19. The molecule has 2 nitrogen and oxygen atoms in total. The molecule has 0 aromatic carbocycles. The lowest BCUT2D eigenvalue weighted by atomic mass is 9.85. The first-order chi connectivity index (χ1) is 9.49. The molecule has 1 N–H and O–H groups in total. The molecule has 1 heterocycles. The zero-order valence-corrected chi connectivity index (χ0v) is 12.3. The molecule has 6 heteroatoms. The van der Waals surface area contributed by atoms with Gasteiger partial charge in [0.1, 0.15) is 11.5 Å². The molecule has 0 spiro atoms. The van der Waals surface area contributed by atoms with Gasteiger partial charge in [-0.2, -0.15) is 24.9 Å². The first-order valence-corrected chi connectivity index (χ1v) is 8.25. The Bertz CT molecular complexity index is 419. The lowest BCUT2D eigenvalue weighted by Crippen LogP contribution is -2.38. The maximum Gasteiger partial charge on any atom is 0.391 e. The topological polar surface area (TPSA) is 25.2 Å². The van der Waals surface area contributed by atoms with Crippen LogP contribution in [0.4, 0.5) is 13.2 Å². The van der Waals surface area contributed by atoms with E-state index in [0.717, 1.165) is 23.7 Å². The smallest absolute Gasteiger partial charge is 0.391 e. The van der Waals surface area contributed by atoms with Crippen LogP contribution in [-0.2, 0) is 12.3 Å². The van der Waals surface area contributed by atoms with Crippen molar-refractivity contribution in [3.05, 3.63) is 23.7 Å². The number of furan rings is 1. The fourth-order valence-electron chi connectivity index (χ4n) is 2.65. The molecule has 0 saturated heterocycles. The van der Waals surface area contributed by atoms with E-state index in [1.807, 2.05) is 18.4 Å². The van der Waals surface area contributed by atoms with Crippen molar-refractivity contribution in [2.75, 3.05) is 6.26 Å². The molecule has 1 aromatic rings. The summed E-state index contributed by atoms with van der Waals surface area (Å²) in [6.45, 7) is 0.504. The molecular formula is C14H20F3NOS. The monoisotopic (exact) mass is 307 g/mol. The van der Waals surface area contributed by atoms with Crippen LogP contribution in [-0.4, -0.2) is 18.5 Å². The number of nitrogens with one attached hydrogen (secondary N) is 1. The van der Waals surface area contributed by atoms with Crippen LogP contribution < -0.4 is 5.32 Å². The molecule has 1 fully saturated rings. The highest BCUT2D eigenvalue weighted by atomic mass is 32.2. The molecule has 2 unspecified atom stereocenters. The Labute approximate surface area is 121 Å². The van der Waals surface area contributed by atoms with E-state index in [9.17, 15) is 13.2 Å².